The second-order valence-corrected chi connectivity index (χ2v) is 5.32. The van der Waals surface area contributed by atoms with Gasteiger partial charge in [-0.2, -0.15) is 0 Å². The average molecular weight is 275 g/mol. The molecule has 1 N–H and O–H groups in total. The first-order valence-corrected chi connectivity index (χ1v) is 6.76. The van der Waals surface area contributed by atoms with Gasteiger partial charge in [0.25, 0.3) is 0 Å². The lowest BCUT2D eigenvalue weighted by molar-refractivity contribution is 0.0508. The average Bonchev–Trinajstić information content (AvgIpc) is 2.44. The summed E-state index contributed by atoms with van der Waals surface area (Å²) in [7, 11) is 0. The molecule has 0 radical (unpaired) electrons. The molecule has 0 bridgehead atoms. The number of hydrogen-bond donors (Lipinski definition) is 1. The highest BCUT2D eigenvalue weighted by atomic mass is 35.5. The lowest BCUT2D eigenvalue weighted by Crippen LogP contribution is -2.27. The van der Waals surface area contributed by atoms with Crippen molar-refractivity contribution in [1.29, 1.82) is 0 Å². The van der Waals surface area contributed by atoms with Gasteiger partial charge in [0.2, 0.25) is 0 Å². The van der Waals surface area contributed by atoms with Crippen molar-refractivity contribution in [1.82, 2.24) is 0 Å². The summed E-state index contributed by atoms with van der Waals surface area (Å²) in [6.07, 6.45) is 0.274. The molecule has 0 fully saturated rings. The maximum Gasteiger partial charge on any atom is 0.125 e. The van der Waals surface area contributed by atoms with Crippen molar-refractivity contribution in [2.24, 2.45) is 5.92 Å². The molecule has 19 heavy (non-hydrogen) atoms. The summed E-state index contributed by atoms with van der Waals surface area (Å²) >= 11 is 5.98. The molecule has 3 rings (SSSR count). The topological polar surface area (TPSA) is 29.5 Å². The van der Waals surface area contributed by atoms with Crippen LogP contribution in [0.25, 0.3) is 0 Å². The lowest BCUT2D eigenvalue weighted by Gasteiger charge is -2.30. The number of fused-ring (bicyclic) bond motifs is 1. The second kappa shape index (κ2) is 5.24. The Hall–Kier alpha value is -1.51. The van der Waals surface area contributed by atoms with E-state index >= 15 is 0 Å². The molecule has 0 aromatic heterocycles. The number of halogens is 1. The van der Waals surface area contributed by atoms with Gasteiger partial charge in [-0.25, -0.2) is 0 Å². The van der Waals surface area contributed by atoms with Gasteiger partial charge in [0, 0.05) is 16.5 Å². The quantitative estimate of drug-likeness (QED) is 0.906. The third-order valence-electron chi connectivity index (χ3n) is 3.53. The number of hydrogen-bond acceptors (Lipinski definition) is 2. The second-order valence-electron chi connectivity index (χ2n) is 4.89. The standard InChI is InChI=1S/C16H15ClO2/c17-13-6-7-15-14(9-13)16(18)12(10-19-15)8-11-4-2-1-3-5-11/h1-7,9,12,16,18H,8,10H2/t12-,16-/m1/s1. The molecule has 2 aromatic carbocycles. The molecule has 2 aromatic rings. The summed E-state index contributed by atoms with van der Waals surface area (Å²) in [6, 6.07) is 15.5. The van der Waals surface area contributed by atoms with Crippen molar-refractivity contribution in [3.63, 3.8) is 0 Å². The number of rotatable bonds is 2. The van der Waals surface area contributed by atoms with Crippen LogP contribution < -0.4 is 4.74 Å². The van der Waals surface area contributed by atoms with Crippen LogP contribution in [0.3, 0.4) is 0 Å². The van der Waals surface area contributed by atoms with Gasteiger partial charge < -0.3 is 9.84 Å². The van der Waals surface area contributed by atoms with E-state index in [-0.39, 0.29) is 5.92 Å². The largest absolute Gasteiger partial charge is 0.493 e. The monoisotopic (exact) mass is 274 g/mol. The molecule has 0 saturated heterocycles. The van der Waals surface area contributed by atoms with Crippen molar-refractivity contribution < 1.29 is 9.84 Å². The van der Waals surface area contributed by atoms with E-state index in [1.165, 1.54) is 5.56 Å². The molecular formula is C16H15ClO2. The van der Waals surface area contributed by atoms with Crippen LogP contribution in [0.15, 0.2) is 48.5 Å². The summed E-state index contributed by atoms with van der Waals surface area (Å²) in [5.41, 5.74) is 2.00. The fraction of sp³-hybridized carbons (Fsp3) is 0.250. The summed E-state index contributed by atoms with van der Waals surface area (Å²) < 4.78 is 5.72. The van der Waals surface area contributed by atoms with E-state index in [1.807, 2.05) is 24.3 Å². The van der Waals surface area contributed by atoms with Gasteiger partial charge >= 0.3 is 0 Å². The summed E-state index contributed by atoms with van der Waals surface area (Å²) in [4.78, 5) is 0. The highest BCUT2D eigenvalue weighted by Gasteiger charge is 2.29. The Kier molecular flexibility index (Phi) is 3.45. The van der Waals surface area contributed by atoms with Crippen LogP contribution in [0.4, 0.5) is 0 Å². The molecule has 0 amide bonds. The van der Waals surface area contributed by atoms with Gasteiger partial charge in [-0.15, -0.1) is 0 Å². The predicted molar refractivity (Wildman–Crippen MR) is 75.5 cm³/mol. The number of aliphatic hydroxyl groups excluding tert-OH is 1. The molecule has 98 valence electrons. The highest BCUT2D eigenvalue weighted by molar-refractivity contribution is 6.30. The SMILES string of the molecule is O[C@H]1c2cc(Cl)ccc2OC[C@H]1Cc1ccccc1. The summed E-state index contributed by atoms with van der Waals surface area (Å²) in [5, 5.41) is 11.1. The Labute approximate surface area is 117 Å². The fourth-order valence-corrected chi connectivity index (χ4v) is 2.69. The first kappa shape index (κ1) is 12.5. The van der Waals surface area contributed by atoms with Crippen LogP contribution in [0.2, 0.25) is 5.02 Å². The van der Waals surface area contributed by atoms with Crippen molar-refractivity contribution >= 4 is 11.6 Å². The maximum atomic E-state index is 10.5. The van der Waals surface area contributed by atoms with Gasteiger partial charge in [-0.1, -0.05) is 41.9 Å². The van der Waals surface area contributed by atoms with E-state index in [9.17, 15) is 5.11 Å². The summed E-state index contributed by atoms with van der Waals surface area (Å²) in [6.45, 7) is 0.532. The normalized spacial score (nSPS) is 21.6. The molecule has 3 heteroatoms. The smallest absolute Gasteiger partial charge is 0.125 e. The molecule has 0 aliphatic carbocycles. The third-order valence-corrected chi connectivity index (χ3v) is 3.77. The van der Waals surface area contributed by atoms with Gasteiger partial charge in [-0.3, -0.25) is 0 Å². The predicted octanol–water partition coefficient (Wildman–Crippen LogP) is 3.62. The molecule has 0 unspecified atom stereocenters. The van der Waals surface area contributed by atoms with Crippen molar-refractivity contribution in [3.05, 3.63) is 64.7 Å². The minimum atomic E-state index is -0.525. The number of benzene rings is 2. The van der Waals surface area contributed by atoms with Crippen LogP contribution in [-0.2, 0) is 6.42 Å². The van der Waals surface area contributed by atoms with Crippen LogP contribution in [0.1, 0.15) is 17.2 Å². The van der Waals surface area contributed by atoms with E-state index in [0.29, 0.717) is 11.6 Å². The molecule has 1 heterocycles. The Bertz CT molecular complexity index is 568. The maximum absolute atomic E-state index is 10.5. The van der Waals surface area contributed by atoms with Gasteiger partial charge in [0.05, 0.1) is 12.7 Å². The Morgan fingerprint density at radius 1 is 1.16 bits per heavy atom. The van der Waals surface area contributed by atoms with Crippen LogP contribution in [0, 0.1) is 5.92 Å². The Balaban J connectivity index is 1.83. The first-order valence-electron chi connectivity index (χ1n) is 6.38. The van der Waals surface area contributed by atoms with Gasteiger partial charge in [-0.05, 0) is 30.2 Å². The van der Waals surface area contributed by atoms with Crippen molar-refractivity contribution in [2.75, 3.05) is 6.61 Å². The number of ether oxygens (including phenoxy) is 1. The van der Waals surface area contributed by atoms with E-state index in [0.717, 1.165) is 17.7 Å². The zero-order valence-corrected chi connectivity index (χ0v) is 11.2. The summed E-state index contributed by atoms with van der Waals surface area (Å²) in [5.74, 6) is 0.801. The zero-order chi connectivity index (χ0) is 13.2. The Morgan fingerprint density at radius 3 is 2.74 bits per heavy atom. The van der Waals surface area contributed by atoms with Crippen molar-refractivity contribution in [2.45, 2.75) is 12.5 Å². The van der Waals surface area contributed by atoms with E-state index in [1.54, 1.807) is 12.1 Å². The molecule has 0 spiro atoms. The van der Waals surface area contributed by atoms with E-state index in [4.69, 9.17) is 16.3 Å². The third kappa shape index (κ3) is 2.60. The Morgan fingerprint density at radius 2 is 1.95 bits per heavy atom. The van der Waals surface area contributed by atoms with Crippen LogP contribution in [0.5, 0.6) is 5.75 Å². The van der Waals surface area contributed by atoms with E-state index < -0.39 is 6.10 Å². The molecule has 2 nitrogen and oxygen atoms in total. The first-order chi connectivity index (χ1) is 9.24. The molecular weight excluding hydrogens is 260 g/mol. The van der Waals surface area contributed by atoms with Crippen LogP contribution in [-0.4, -0.2) is 11.7 Å². The molecule has 1 aliphatic rings. The molecule has 2 atom stereocenters. The van der Waals surface area contributed by atoms with E-state index in [2.05, 4.69) is 12.1 Å². The molecule has 0 saturated carbocycles. The molecule has 1 aliphatic heterocycles. The zero-order valence-electron chi connectivity index (χ0n) is 10.4. The lowest BCUT2D eigenvalue weighted by atomic mass is 9.88. The number of aliphatic hydroxyl groups is 1. The van der Waals surface area contributed by atoms with Crippen molar-refractivity contribution in [3.8, 4) is 5.75 Å². The fourth-order valence-electron chi connectivity index (χ4n) is 2.51. The van der Waals surface area contributed by atoms with Crippen LogP contribution >= 0.6 is 11.6 Å². The van der Waals surface area contributed by atoms with Gasteiger partial charge in [0.15, 0.2) is 0 Å². The minimum Gasteiger partial charge on any atom is -0.493 e. The van der Waals surface area contributed by atoms with Gasteiger partial charge in [0.1, 0.15) is 5.75 Å². The minimum absolute atomic E-state index is 0.0633. The highest BCUT2D eigenvalue weighted by Crippen LogP contribution is 2.38.